The molecule has 0 fully saturated rings. The lowest BCUT2D eigenvalue weighted by atomic mass is 10.2. The van der Waals surface area contributed by atoms with Gasteiger partial charge in [0, 0.05) is 15.5 Å². The van der Waals surface area contributed by atoms with Crippen LogP contribution in [-0.2, 0) is 11.3 Å². The zero-order valence-corrected chi connectivity index (χ0v) is 11.7. The van der Waals surface area contributed by atoms with Gasteiger partial charge in [-0.2, -0.15) is 0 Å². The number of carbonyl (C=O) groups is 1. The number of halogens is 1. The number of hydrogen-bond donors (Lipinski definition) is 1. The van der Waals surface area contributed by atoms with E-state index in [1.807, 2.05) is 0 Å². The number of nitrogens with one attached hydrogen (secondary N) is 1. The minimum atomic E-state index is -0.667. The highest BCUT2D eigenvalue weighted by Crippen LogP contribution is 2.22. The summed E-state index contributed by atoms with van der Waals surface area (Å²) in [7, 11) is 0. The van der Waals surface area contributed by atoms with Gasteiger partial charge in [-0.15, -0.1) is 0 Å². The summed E-state index contributed by atoms with van der Waals surface area (Å²) >= 11 is 5.78. The van der Waals surface area contributed by atoms with E-state index in [9.17, 15) is 14.9 Å². The third-order valence-electron chi connectivity index (χ3n) is 2.00. The van der Waals surface area contributed by atoms with Gasteiger partial charge >= 0.3 is 6.09 Å². The van der Waals surface area contributed by atoms with Crippen LogP contribution < -0.4 is 5.32 Å². The first kappa shape index (κ1) is 15.2. The van der Waals surface area contributed by atoms with Gasteiger partial charge in [0.25, 0.3) is 0 Å². The largest absolute Gasteiger partial charge is 0.444 e. The Balaban J connectivity index is 2.88. The molecule has 0 saturated heterocycles. The van der Waals surface area contributed by atoms with E-state index in [2.05, 4.69) is 5.32 Å². The smallest absolute Gasteiger partial charge is 0.412 e. The molecule has 0 heterocycles. The molecule has 6 nitrogen and oxygen atoms in total. The van der Waals surface area contributed by atoms with E-state index in [1.54, 1.807) is 20.8 Å². The van der Waals surface area contributed by atoms with Crippen LogP contribution in [-0.4, -0.2) is 16.6 Å². The maximum Gasteiger partial charge on any atom is 0.412 e. The normalized spacial score (nSPS) is 10.9. The molecular formula is C12H15ClN2O4. The van der Waals surface area contributed by atoms with Crippen LogP contribution in [0.15, 0.2) is 18.2 Å². The van der Waals surface area contributed by atoms with Crippen molar-refractivity contribution in [3.63, 3.8) is 0 Å². The maximum absolute atomic E-state index is 11.6. The van der Waals surface area contributed by atoms with Crippen LogP contribution in [0.2, 0.25) is 5.02 Å². The van der Waals surface area contributed by atoms with Gasteiger partial charge in [0.15, 0.2) is 0 Å². The maximum atomic E-state index is 11.6. The Bertz CT molecular complexity index is 497. The van der Waals surface area contributed by atoms with E-state index >= 15 is 0 Å². The van der Waals surface area contributed by atoms with Gasteiger partial charge in [-0.1, -0.05) is 11.6 Å². The molecule has 0 bridgehead atoms. The van der Waals surface area contributed by atoms with Crippen molar-refractivity contribution in [3.8, 4) is 0 Å². The molecule has 0 saturated carbocycles. The second-order valence-corrected chi connectivity index (χ2v) is 5.36. The van der Waals surface area contributed by atoms with Crippen molar-refractivity contribution in [2.24, 2.45) is 0 Å². The van der Waals surface area contributed by atoms with Gasteiger partial charge in [0.1, 0.15) is 5.60 Å². The first-order valence-electron chi connectivity index (χ1n) is 5.57. The van der Waals surface area contributed by atoms with Crippen LogP contribution in [0.5, 0.6) is 0 Å². The number of benzene rings is 1. The molecule has 1 aromatic rings. The van der Waals surface area contributed by atoms with Crippen LogP contribution in [0, 0.1) is 10.1 Å². The Kier molecular flexibility index (Phi) is 4.72. The van der Waals surface area contributed by atoms with E-state index < -0.39 is 23.2 Å². The molecule has 0 radical (unpaired) electrons. The number of nitro groups is 1. The number of rotatable bonds is 3. The van der Waals surface area contributed by atoms with E-state index in [0.717, 1.165) is 0 Å². The molecule has 1 aromatic carbocycles. The third-order valence-corrected chi connectivity index (χ3v) is 2.24. The van der Waals surface area contributed by atoms with E-state index in [-0.39, 0.29) is 0 Å². The van der Waals surface area contributed by atoms with Crippen molar-refractivity contribution < 1.29 is 14.5 Å². The van der Waals surface area contributed by atoms with Crippen LogP contribution >= 0.6 is 11.6 Å². The number of nitrogens with zero attached hydrogens (tertiary/aromatic N) is 1. The van der Waals surface area contributed by atoms with Gasteiger partial charge in [0.2, 0.25) is 6.54 Å². The fourth-order valence-electron chi connectivity index (χ4n) is 1.37. The number of amides is 1. The highest BCUT2D eigenvalue weighted by molar-refractivity contribution is 6.30. The molecule has 1 amide bonds. The SMILES string of the molecule is CC(C)(C)OC(=O)Nc1ccc(Cl)cc1C[N+](=O)[O-]. The summed E-state index contributed by atoms with van der Waals surface area (Å²) in [6.45, 7) is 4.76. The molecule has 0 spiro atoms. The predicted molar refractivity (Wildman–Crippen MR) is 72.0 cm³/mol. The van der Waals surface area contributed by atoms with Gasteiger partial charge in [-0.25, -0.2) is 4.79 Å². The summed E-state index contributed by atoms with van der Waals surface area (Å²) in [5.41, 5.74) is -0.00142. The molecule has 0 aromatic heterocycles. The number of carbonyl (C=O) groups excluding carboxylic acids is 1. The Labute approximate surface area is 115 Å². The molecule has 1 N–H and O–H groups in total. The van der Waals surface area contributed by atoms with Gasteiger partial charge in [-0.05, 0) is 39.0 Å². The van der Waals surface area contributed by atoms with Crippen LogP contribution in [0.3, 0.4) is 0 Å². The number of anilines is 1. The molecule has 0 unspecified atom stereocenters. The summed E-state index contributed by atoms with van der Waals surface area (Å²) < 4.78 is 5.08. The summed E-state index contributed by atoms with van der Waals surface area (Å²) in [4.78, 5) is 21.7. The van der Waals surface area contributed by atoms with Gasteiger partial charge in [0.05, 0.1) is 5.69 Å². The van der Waals surface area contributed by atoms with Crippen LogP contribution in [0.25, 0.3) is 0 Å². The van der Waals surface area contributed by atoms with E-state index in [0.29, 0.717) is 16.3 Å². The monoisotopic (exact) mass is 286 g/mol. The minimum absolute atomic E-state index is 0.315. The molecular weight excluding hydrogens is 272 g/mol. The molecule has 0 aliphatic heterocycles. The molecule has 104 valence electrons. The molecule has 1 rings (SSSR count). The summed E-state index contributed by atoms with van der Waals surface area (Å²) in [5, 5.41) is 13.4. The average molecular weight is 287 g/mol. The molecule has 0 aliphatic carbocycles. The summed E-state index contributed by atoms with van der Waals surface area (Å²) in [5.74, 6) is 0. The second-order valence-electron chi connectivity index (χ2n) is 4.92. The third kappa shape index (κ3) is 5.56. The van der Waals surface area contributed by atoms with E-state index in [1.165, 1.54) is 18.2 Å². The van der Waals surface area contributed by atoms with E-state index in [4.69, 9.17) is 16.3 Å². The first-order valence-corrected chi connectivity index (χ1v) is 5.95. The predicted octanol–water partition coefficient (Wildman–Crippen LogP) is 3.46. The fourth-order valence-corrected chi connectivity index (χ4v) is 1.56. The van der Waals surface area contributed by atoms with Crippen molar-refractivity contribution >= 4 is 23.4 Å². The van der Waals surface area contributed by atoms with Crippen molar-refractivity contribution in [1.82, 2.24) is 0 Å². The fraction of sp³-hybridized carbons (Fsp3) is 0.417. The lowest BCUT2D eigenvalue weighted by molar-refractivity contribution is -0.496. The zero-order chi connectivity index (χ0) is 14.6. The summed E-state index contributed by atoms with van der Waals surface area (Å²) in [6, 6.07) is 4.49. The molecule has 7 heteroatoms. The molecule has 19 heavy (non-hydrogen) atoms. The number of ether oxygens (including phenoxy) is 1. The number of hydrogen-bond acceptors (Lipinski definition) is 4. The van der Waals surface area contributed by atoms with Crippen LogP contribution in [0.1, 0.15) is 26.3 Å². The van der Waals surface area contributed by atoms with Gasteiger partial charge in [-0.3, -0.25) is 15.4 Å². The Hall–Kier alpha value is -1.82. The standard InChI is InChI=1S/C12H15ClN2O4/c1-12(2,3)19-11(16)14-10-5-4-9(13)6-8(10)7-15(17)18/h4-6H,7H2,1-3H3,(H,14,16). The lowest BCUT2D eigenvalue weighted by Gasteiger charge is -2.20. The van der Waals surface area contributed by atoms with Gasteiger partial charge < -0.3 is 4.74 Å². The second kappa shape index (κ2) is 5.88. The minimum Gasteiger partial charge on any atom is -0.444 e. The van der Waals surface area contributed by atoms with Crippen molar-refractivity contribution in [1.29, 1.82) is 0 Å². The lowest BCUT2D eigenvalue weighted by Crippen LogP contribution is -2.27. The zero-order valence-electron chi connectivity index (χ0n) is 10.9. The van der Waals surface area contributed by atoms with Crippen molar-refractivity contribution in [3.05, 3.63) is 38.9 Å². The Morgan fingerprint density at radius 2 is 2.11 bits per heavy atom. The first-order chi connectivity index (χ1) is 8.67. The quantitative estimate of drug-likeness (QED) is 0.681. The van der Waals surface area contributed by atoms with Crippen molar-refractivity contribution in [2.75, 3.05) is 5.32 Å². The topological polar surface area (TPSA) is 81.5 Å². The van der Waals surface area contributed by atoms with Crippen molar-refractivity contribution in [2.45, 2.75) is 32.9 Å². The Morgan fingerprint density at radius 1 is 1.47 bits per heavy atom. The highest BCUT2D eigenvalue weighted by atomic mass is 35.5. The Morgan fingerprint density at radius 3 is 2.63 bits per heavy atom. The summed E-state index contributed by atoms with van der Waals surface area (Å²) in [6.07, 6.45) is -0.667. The molecule has 0 aliphatic rings. The highest BCUT2D eigenvalue weighted by Gasteiger charge is 2.18. The average Bonchev–Trinajstić information content (AvgIpc) is 2.18. The molecule has 0 atom stereocenters. The van der Waals surface area contributed by atoms with Crippen LogP contribution in [0.4, 0.5) is 10.5 Å².